The van der Waals surface area contributed by atoms with E-state index in [9.17, 15) is 19.2 Å². The highest BCUT2D eigenvalue weighted by molar-refractivity contribution is 6.38. The third kappa shape index (κ3) is 9.61. The van der Waals surface area contributed by atoms with Crippen LogP contribution in [0.3, 0.4) is 0 Å². The average molecular weight is 523 g/mol. The highest BCUT2D eigenvalue weighted by Gasteiger charge is 2.33. The average Bonchev–Trinajstić information content (AvgIpc) is 3.72. The molecule has 3 rings (SSSR count). The lowest BCUT2D eigenvalue weighted by Crippen LogP contribution is -2.55. The van der Waals surface area contributed by atoms with Gasteiger partial charge < -0.3 is 20.7 Å². The number of alkyl carbamates (subject to hydrolysis) is 1. The van der Waals surface area contributed by atoms with Crippen LogP contribution in [0.25, 0.3) is 0 Å². The van der Waals surface area contributed by atoms with Crippen molar-refractivity contribution in [2.45, 2.75) is 77.4 Å². The molecule has 1 fully saturated rings. The summed E-state index contributed by atoms with van der Waals surface area (Å²) in [6.07, 6.45) is 4.60. The fourth-order valence-electron chi connectivity index (χ4n) is 3.92. The SMILES string of the molecule is CCc1ccc(CCOC(=O)NC(CC(C)C)C(=O)NC(Cc2ccccc2)C(=O)C(=O)NC2CC2)nc1. The Morgan fingerprint density at radius 3 is 2.32 bits per heavy atom. The molecule has 2 unspecified atom stereocenters. The van der Waals surface area contributed by atoms with Gasteiger partial charge in [-0.2, -0.15) is 0 Å². The van der Waals surface area contributed by atoms with Gasteiger partial charge in [-0.1, -0.05) is 57.2 Å². The molecule has 1 aromatic heterocycles. The summed E-state index contributed by atoms with van der Waals surface area (Å²) in [4.78, 5) is 55.6. The molecule has 1 aliphatic rings. The minimum Gasteiger partial charge on any atom is -0.449 e. The van der Waals surface area contributed by atoms with E-state index in [-0.39, 0.29) is 25.0 Å². The van der Waals surface area contributed by atoms with Crippen molar-refractivity contribution < 1.29 is 23.9 Å². The number of rotatable bonds is 14. The van der Waals surface area contributed by atoms with Gasteiger partial charge in [0.1, 0.15) is 12.1 Å². The zero-order valence-electron chi connectivity index (χ0n) is 22.4. The minimum atomic E-state index is -1.06. The zero-order valence-corrected chi connectivity index (χ0v) is 22.4. The van der Waals surface area contributed by atoms with Crippen molar-refractivity contribution in [3.8, 4) is 0 Å². The van der Waals surface area contributed by atoms with Gasteiger partial charge in [0, 0.05) is 30.8 Å². The number of Topliss-reactive ketones (excluding diaryl/α,β-unsaturated/α-hetero) is 1. The number of ketones is 1. The van der Waals surface area contributed by atoms with Gasteiger partial charge >= 0.3 is 6.09 Å². The topological polar surface area (TPSA) is 126 Å². The molecule has 1 aromatic carbocycles. The van der Waals surface area contributed by atoms with Gasteiger partial charge in [0.25, 0.3) is 5.91 Å². The lowest BCUT2D eigenvalue weighted by atomic mass is 9.99. The first kappa shape index (κ1) is 28.8. The smallest absolute Gasteiger partial charge is 0.407 e. The van der Waals surface area contributed by atoms with Crippen molar-refractivity contribution in [1.82, 2.24) is 20.9 Å². The molecule has 38 heavy (non-hydrogen) atoms. The van der Waals surface area contributed by atoms with E-state index in [4.69, 9.17) is 4.74 Å². The van der Waals surface area contributed by atoms with E-state index in [0.29, 0.717) is 12.8 Å². The van der Waals surface area contributed by atoms with Crippen LogP contribution in [-0.2, 0) is 38.4 Å². The number of hydrogen-bond donors (Lipinski definition) is 3. The standard InChI is InChI=1S/C29H38N4O5/c1-4-20-10-11-22(30-18-20)14-15-38-29(37)33-25(16-19(2)3)27(35)32-24(17-21-8-6-5-7-9-21)26(34)28(36)31-23-12-13-23/h5-11,18-19,23-25H,4,12-17H2,1-3H3,(H,31,36)(H,32,35)(H,33,37). The largest absolute Gasteiger partial charge is 0.449 e. The van der Waals surface area contributed by atoms with Crippen LogP contribution in [0.4, 0.5) is 4.79 Å². The predicted octanol–water partition coefficient (Wildman–Crippen LogP) is 2.90. The van der Waals surface area contributed by atoms with Gasteiger partial charge in [0.05, 0.1) is 6.61 Å². The fourth-order valence-corrected chi connectivity index (χ4v) is 3.92. The summed E-state index contributed by atoms with van der Waals surface area (Å²) < 4.78 is 5.30. The van der Waals surface area contributed by atoms with Crippen LogP contribution in [0, 0.1) is 5.92 Å². The van der Waals surface area contributed by atoms with Gasteiger partial charge in [-0.15, -0.1) is 0 Å². The molecule has 3 amide bonds. The monoisotopic (exact) mass is 522 g/mol. The molecule has 204 valence electrons. The number of ether oxygens (including phenoxy) is 1. The number of nitrogens with one attached hydrogen (secondary N) is 3. The van der Waals surface area contributed by atoms with Crippen LogP contribution < -0.4 is 16.0 Å². The van der Waals surface area contributed by atoms with Gasteiger partial charge in [-0.05, 0) is 48.8 Å². The third-order valence-electron chi connectivity index (χ3n) is 6.25. The van der Waals surface area contributed by atoms with E-state index in [0.717, 1.165) is 36.1 Å². The molecule has 2 atom stereocenters. The van der Waals surface area contributed by atoms with Crippen LogP contribution in [-0.4, -0.2) is 53.4 Å². The molecule has 0 radical (unpaired) electrons. The maximum absolute atomic E-state index is 13.3. The normalized spacial score (nSPS) is 14.3. The lowest BCUT2D eigenvalue weighted by Gasteiger charge is -2.23. The number of hydrogen-bond acceptors (Lipinski definition) is 6. The van der Waals surface area contributed by atoms with E-state index in [1.807, 2.05) is 56.3 Å². The van der Waals surface area contributed by atoms with Crippen LogP contribution in [0.15, 0.2) is 48.7 Å². The van der Waals surface area contributed by atoms with Crippen LogP contribution >= 0.6 is 0 Å². The second-order valence-corrected chi connectivity index (χ2v) is 10.1. The van der Waals surface area contributed by atoms with Gasteiger partial charge in [0.15, 0.2) is 0 Å². The Hall–Kier alpha value is -3.75. The summed E-state index contributed by atoms with van der Waals surface area (Å²) in [5.41, 5.74) is 2.74. The van der Waals surface area contributed by atoms with E-state index in [2.05, 4.69) is 27.9 Å². The van der Waals surface area contributed by atoms with Crippen LogP contribution in [0.1, 0.15) is 56.9 Å². The minimum absolute atomic E-state index is 0.0180. The first-order chi connectivity index (χ1) is 18.2. The number of benzene rings is 1. The Morgan fingerprint density at radius 1 is 0.974 bits per heavy atom. The summed E-state index contributed by atoms with van der Waals surface area (Å²) in [6.45, 7) is 6.01. The molecule has 0 bridgehead atoms. The Bertz CT molecular complexity index is 1080. The highest BCUT2D eigenvalue weighted by atomic mass is 16.5. The van der Waals surface area contributed by atoms with Crippen molar-refractivity contribution in [3.63, 3.8) is 0 Å². The number of nitrogens with zero attached hydrogens (tertiary/aromatic N) is 1. The molecule has 0 spiro atoms. The first-order valence-corrected chi connectivity index (χ1v) is 13.3. The maximum atomic E-state index is 13.3. The molecular weight excluding hydrogens is 484 g/mol. The molecule has 1 heterocycles. The third-order valence-corrected chi connectivity index (χ3v) is 6.25. The maximum Gasteiger partial charge on any atom is 0.407 e. The predicted molar refractivity (Wildman–Crippen MR) is 143 cm³/mol. The van der Waals surface area contributed by atoms with Crippen molar-refractivity contribution in [1.29, 1.82) is 0 Å². The fraction of sp³-hybridized carbons (Fsp3) is 0.483. The Balaban J connectivity index is 1.61. The lowest BCUT2D eigenvalue weighted by molar-refractivity contribution is -0.140. The quantitative estimate of drug-likeness (QED) is 0.328. The van der Waals surface area contributed by atoms with E-state index in [1.165, 1.54) is 0 Å². The number of aromatic nitrogens is 1. The van der Waals surface area contributed by atoms with Crippen molar-refractivity contribution >= 4 is 23.7 Å². The van der Waals surface area contributed by atoms with Gasteiger partial charge in [-0.25, -0.2) is 4.79 Å². The Kier molecular flexibility index (Phi) is 10.8. The molecule has 9 heteroatoms. The molecule has 1 saturated carbocycles. The molecule has 9 nitrogen and oxygen atoms in total. The summed E-state index contributed by atoms with van der Waals surface area (Å²) in [6, 6.07) is 11.1. The Morgan fingerprint density at radius 2 is 1.71 bits per heavy atom. The molecule has 2 aromatic rings. The number of pyridine rings is 1. The van der Waals surface area contributed by atoms with E-state index in [1.54, 1.807) is 6.20 Å². The first-order valence-electron chi connectivity index (χ1n) is 13.3. The number of amides is 3. The van der Waals surface area contributed by atoms with Crippen LogP contribution in [0.2, 0.25) is 0 Å². The molecule has 1 aliphatic carbocycles. The summed E-state index contributed by atoms with van der Waals surface area (Å²) in [5, 5.41) is 8.04. The van der Waals surface area contributed by atoms with Crippen LogP contribution in [0.5, 0.6) is 0 Å². The summed E-state index contributed by atoms with van der Waals surface area (Å²) in [7, 11) is 0. The van der Waals surface area contributed by atoms with Crippen molar-refractivity contribution in [2.75, 3.05) is 6.61 Å². The number of carbonyl (C=O) groups excluding carboxylic acids is 4. The number of aryl methyl sites for hydroxylation is 1. The van der Waals surface area contributed by atoms with Crippen molar-refractivity contribution in [2.24, 2.45) is 5.92 Å². The highest BCUT2D eigenvalue weighted by Crippen LogP contribution is 2.18. The van der Waals surface area contributed by atoms with Crippen molar-refractivity contribution in [3.05, 3.63) is 65.5 Å². The van der Waals surface area contributed by atoms with E-state index < -0.39 is 35.8 Å². The summed E-state index contributed by atoms with van der Waals surface area (Å²) >= 11 is 0. The molecule has 0 saturated heterocycles. The van der Waals surface area contributed by atoms with Gasteiger partial charge in [-0.3, -0.25) is 19.4 Å². The van der Waals surface area contributed by atoms with Gasteiger partial charge in [0.2, 0.25) is 11.7 Å². The Labute approximate surface area is 224 Å². The second-order valence-electron chi connectivity index (χ2n) is 10.1. The zero-order chi connectivity index (χ0) is 27.5. The molecule has 3 N–H and O–H groups in total. The number of carbonyl (C=O) groups is 4. The second kappa shape index (κ2) is 14.3. The molecule has 0 aliphatic heterocycles. The molecular formula is C29H38N4O5. The van der Waals surface area contributed by atoms with E-state index >= 15 is 0 Å². The summed E-state index contributed by atoms with van der Waals surface area (Å²) in [5.74, 6) is -1.88.